The van der Waals surface area contributed by atoms with Crippen LogP contribution in [-0.4, -0.2) is 29.0 Å². The van der Waals surface area contributed by atoms with Crippen molar-refractivity contribution in [3.8, 4) is 0 Å². The van der Waals surface area contributed by atoms with Gasteiger partial charge in [0.25, 0.3) is 5.69 Å². The molecule has 1 aromatic rings. The van der Waals surface area contributed by atoms with E-state index < -0.39 is 0 Å². The summed E-state index contributed by atoms with van der Waals surface area (Å²) in [5, 5.41) is 14.3. The molecule has 1 aliphatic heterocycles. The van der Waals surface area contributed by atoms with Crippen LogP contribution in [0, 0.1) is 10.1 Å². The third kappa shape index (κ3) is 3.83. The summed E-state index contributed by atoms with van der Waals surface area (Å²) < 4.78 is 0. The number of anilines is 2. The zero-order valence-corrected chi connectivity index (χ0v) is 12.8. The number of rotatable bonds is 6. The second-order valence-electron chi connectivity index (χ2n) is 5.50. The molecule has 1 unspecified atom stereocenters. The van der Waals surface area contributed by atoms with Gasteiger partial charge in [0.1, 0.15) is 11.6 Å². The van der Waals surface area contributed by atoms with Crippen LogP contribution in [0.4, 0.5) is 17.3 Å². The Bertz CT molecular complexity index is 493. The highest BCUT2D eigenvalue weighted by Crippen LogP contribution is 2.29. The second kappa shape index (κ2) is 7.24. The smallest absolute Gasteiger partial charge is 0.276 e. The molecule has 0 aliphatic carbocycles. The molecule has 116 valence electrons. The van der Waals surface area contributed by atoms with Gasteiger partial charge in [-0.1, -0.05) is 13.8 Å². The summed E-state index contributed by atoms with van der Waals surface area (Å²) in [6.07, 6.45) is 5.49. The van der Waals surface area contributed by atoms with E-state index in [0.29, 0.717) is 11.9 Å². The summed E-state index contributed by atoms with van der Waals surface area (Å²) in [7, 11) is 0. The fraction of sp³-hybridized carbons (Fsp3) is 0.667. The molecule has 1 saturated heterocycles. The molecule has 0 aromatic carbocycles. The van der Waals surface area contributed by atoms with Crippen molar-refractivity contribution < 1.29 is 4.92 Å². The highest BCUT2D eigenvalue weighted by molar-refractivity contribution is 5.56. The standard InChI is InChI=1S/C15H24N4O2/c1-3-8-16-14-10-13(19(20)21)11-15(17-14)18-9-6-5-7-12(18)4-2/h10-12H,3-9H2,1-2H3,(H,16,17). The molecular formula is C15H24N4O2. The quantitative estimate of drug-likeness (QED) is 0.641. The zero-order valence-electron chi connectivity index (χ0n) is 12.8. The van der Waals surface area contributed by atoms with Crippen LogP contribution in [0.25, 0.3) is 0 Å². The van der Waals surface area contributed by atoms with Crippen molar-refractivity contribution in [2.45, 2.75) is 52.0 Å². The van der Waals surface area contributed by atoms with Crippen LogP contribution in [0.3, 0.4) is 0 Å². The van der Waals surface area contributed by atoms with Crippen molar-refractivity contribution in [2.75, 3.05) is 23.3 Å². The molecule has 21 heavy (non-hydrogen) atoms. The topological polar surface area (TPSA) is 71.3 Å². The second-order valence-corrected chi connectivity index (χ2v) is 5.50. The van der Waals surface area contributed by atoms with Crippen LogP contribution >= 0.6 is 0 Å². The molecular weight excluding hydrogens is 268 g/mol. The van der Waals surface area contributed by atoms with Gasteiger partial charge in [0, 0.05) is 19.1 Å². The van der Waals surface area contributed by atoms with E-state index in [9.17, 15) is 10.1 Å². The maximum absolute atomic E-state index is 11.1. The normalized spacial score (nSPS) is 18.6. The van der Waals surface area contributed by atoms with Gasteiger partial charge in [0.15, 0.2) is 0 Å². The van der Waals surface area contributed by atoms with Gasteiger partial charge in [-0.25, -0.2) is 4.98 Å². The predicted octanol–water partition coefficient (Wildman–Crippen LogP) is 3.58. The molecule has 1 aromatic heterocycles. The average molecular weight is 292 g/mol. The van der Waals surface area contributed by atoms with Crippen molar-refractivity contribution in [3.05, 3.63) is 22.2 Å². The first kappa shape index (κ1) is 15.5. The number of nitro groups is 1. The summed E-state index contributed by atoms with van der Waals surface area (Å²) in [5.41, 5.74) is 0.110. The highest BCUT2D eigenvalue weighted by atomic mass is 16.6. The van der Waals surface area contributed by atoms with Crippen LogP contribution in [0.15, 0.2) is 12.1 Å². The lowest BCUT2D eigenvalue weighted by molar-refractivity contribution is -0.384. The largest absolute Gasteiger partial charge is 0.370 e. The van der Waals surface area contributed by atoms with Gasteiger partial charge in [-0.3, -0.25) is 10.1 Å². The van der Waals surface area contributed by atoms with Crippen LogP contribution in [0.1, 0.15) is 46.0 Å². The van der Waals surface area contributed by atoms with Crippen LogP contribution in [-0.2, 0) is 0 Å². The Morgan fingerprint density at radius 1 is 1.43 bits per heavy atom. The zero-order chi connectivity index (χ0) is 15.2. The van der Waals surface area contributed by atoms with Gasteiger partial charge in [-0.15, -0.1) is 0 Å². The molecule has 1 atom stereocenters. The van der Waals surface area contributed by atoms with Crippen LogP contribution < -0.4 is 10.2 Å². The molecule has 0 spiro atoms. The van der Waals surface area contributed by atoms with E-state index in [-0.39, 0.29) is 10.6 Å². The van der Waals surface area contributed by atoms with Gasteiger partial charge in [0.2, 0.25) is 0 Å². The predicted molar refractivity (Wildman–Crippen MR) is 84.9 cm³/mol. The Balaban J connectivity index is 2.31. The maximum atomic E-state index is 11.1. The van der Waals surface area contributed by atoms with Crippen molar-refractivity contribution in [2.24, 2.45) is 0 Å². The summed E-state index contributed by atoms with van der Waals surface area (Å²) in [4.78, 5) is 17.6. The minimum atomic E-state index is -0.340. The minimum absolute atomic E-state index is 0.110. The highest BCUT2D eigenvalue weighted by Gasteiger charge is 2.24. The van der Waals surface area contributed by atoms with Crippen LogP contribution in [0.2, 0.25) is 0 Å². The molecule has 0 amide bonds. The van der Waals surface area contributed by atoms with E-state index in [4.69, 9.17) is 0 Å². The molecule has 1 fully saturated rings. The molecule has 2 heterocycles. The van der Waals surface area contributed by atoms with Crippen molar-refractivity contribution in [1.29, 1.82) is 0 Å². The van der Waals surface area contributed by atoms with E-state index in [0.717, 1.165) is 44.6 Å². The Morgan fingerprint density at radius 3 is 2.90 bits per heavy atom. The van der Waals surface area contributed by atoms with Gasteiger partial charge in [-0.05, 0) is 32.1 Å². The SMILES string of the molecule is CCCNc1cc([N+](=O)[O-])cc(N2CCCCC2CC)n1. The fourth-order valence-corrected chi connectivity index (χ4v) is 2.82. The molecule has 1 N–H and O–H groups in total. The summed E-state index contributed by atoms with van der Waals surface area (Å²) in [6.45, 7) is 5.92. The van der Waals surface area contributed by atoms with E-state index in [1.54, 1.807) is 6.07 Å². The van der Waals surface area contributed by atoms with Gasteiger partial charge in [0.05, 0.1) is 17.1 Å². The Morgan fingerprint density at radius 2 is 2.24 bits per heavy atom. The molecule has 0 radical (unpaired) electrons. The number of hydrogen-bond donors (Lipinski definition) is 1. The Kier molecular flexibility index (Phi) is 5.36. The lowest BCUT2D eigenvalue weighted by atomic mass is 10.00. The van der Waals surface area contributed by atoms with E-state index in [1.807, 2.05) is 0 Å². The van der Waals surface area contributed by atoms with Gasteiger partial charge >= 0.3 is 0 Å². The lowest BCUT2D eigenvalue weighted by Crippen LogP contribution is -2.39. The third-order valence-corrected chi connectivity index (χ3v) is 3.96. The molecule has 6 nitrogen and oxygen atoms in total. The first-order chi connectivity index (χ1) is 10.2. The Labute approximate surface area is 125 Å². The summed E-state index contributed by atoms with van der Waals surface area (Å²) in [6, 6.07) is 3.56. The molecule has 1 aliphatic rings. The van der Waals surface area contributed by atoms with E-state index in [2.05, 4.69) is 29.0 Å². The molecule has 6 heteroatoms. The fourth-order valence-electron chi connectivity index (χ4n) is 2.82. The first-order valence-corrected chi connectivity index (χ1v) is 7.82. The number of hydrogen-bond acceptors (Lipinski definition) is 5. The maximum Gasteiger partial charge on any atom is 0.276 e. The molecule has 2 rings (SSSR count). The van der Waals surface area contributed by atoms with E-state index in [1.165, 1.54) is 12.5 Å². The van der Waals surface area contributed by atoms with Crippen molar-refractivity contribution in [1.82, 2.24) is 4.98 Å². The summed E-state index contributed by atoms with van der Waals surface area (Å²) >= 11 is 0. The first-order valence-electron chi connectivity index (χ1n) is 7.82. The monoisotopic (exact) mass is 292 g/mol. The van der Waals surface area contributed by atoms with Crippen LogP contribution in [0.5, 0.6) is 0 Å². The molecule has 0 saturated carbocycles. The van der Waals surface area contributed by atoms with Crippen molar-refractivity contribution in [3.63, 3.8) is 0 Å². The molecule has 0 bridgehead atoms. The van der Waals surface area contributed by atoms with E-state index >= 15 is 0 Å². The summed E-state index contributed by atoms with van der Waals surface area (Å²) in [5.74, 6) is 1.33. The number of nitrogens with one attached hydrogen (secondary N) is 1. The van der Waals surface area contributed by atoms with Gasteiger partial charge in [-0.2, -0.15) is 0 Å². The number of nitrogens with zero attached hydrogens (tertiary/aromatic N) is 3. The number of pyridine rings is 1. The minimum Gasteiger partial charge on any atom is -0.370 e. The van der Waals surface area contributed by atoms with Gasteiger partial charge < -0.3 is 10.2 Å². The third-order valence-electron chi connectivity index (χ3n) is 3.96. The Hall–Kier alpha value is -1.85. The average Bonchev–Trinajstić information content (AvgIpc) is 2.52. The van der Waals surface area contributed by atoms with Crippen molar-refractivity contribution >= 4 is 17.3 Å². The number of piperidine rings is 1. The number of aromatic nitrogens is 1. The lowest BCUT2D eigenvalue weighted by Gasteiger charge is -2.36.